The lowest BCUT2D eigenvalue weighted by molar-refractivity contribution is -0.132. The highest BCUT2D eigenvalue weighted by Gasteiger charge is 2.45. The van der Waals surface area contributed by atoms with Crippen molar-refractivity contribution in [1.29, 1.82) is 0 Å². The summed E-state index contributed by atoms with van der Waals surface area (Å²) in [4.78, 5) is 34.8. The zero-order chi connectivity index (χ0) is 23.4. The summed E-state index contributed by atoms with van der Waals surface area (Å²) in [6.07, 6.45) is 2.11. The van der Waals surface area contributed by atoms with Gasteiger partial charge in [0.15, 0.2) is 0 Å². The Morgan fingerprint density at radius 3 is 2.45 bits per heavy atom. The number of amides is 2. The van der Waals surface area contributed by atoms with Gasteiger partial charge in [-0.15, -0.1) is 11.3 Å². The fourth-order valence-electron chi connectivity index (χ4n) is 4.15. The van der Waals surface area contributed by atoms with E-state index in [0.717, 1.165) is 27.4 Å². The van der Waals surface area contributed by atoms with E-state index >= 15 is 0 Å². The van der Waals surface area contributed by atoms with Crippen LogP contribution in [0, 0.1) is 5.92 Å². The number of fused-ring (bicyclic) bond motifs is 1. The second kappa shape index (κ2) is 9.87. The molecule has 5 nitrogen and oxygen atoms in total. The lowest BCUT2D eigenvalue weighted by Crippen LogP contribution is -2.58. The van der Waals surface area contributed by atoms with Crippen LogP contribution in [0.2, 0.25) is 0 Å². The van der Waals surface area contributed by atoms with Crippen molar-refractivity contribution in [1.82, 2.24) is 15.2 Å². The smallest absolute Gasteiger partial charge is 0.274 e. The number of aryl methyl sites for hydroxylation is 1. The maximum atomic E-state index is 13.9. The Labute approximate surface area is 199 Å². The van der Waals surface area contributed by atoms with Gasteiger partial charge in [-0.25, -0.2) is 4.98 Å². The van der Waals surface area contributed by atoms with E-state index in [-0.39, 0.29) is 11.8 Å². The van der Waals surface area contributed by atoms with Crippen molar-refractivity contribution < 1.29 is 9.59 Å². The molecule has 0 radical (unpaired) electrons. The van der Waals surface area contributed by atoms with Crippen LogP contribution in [-0.4, -0.2) is 33.8 Å². The third-order valence-corrected chi connectivity index (χ3v) is 7.44. The molecule has 1 atom stereocenters. The van der Waals surface area contributed by atoms with Gasteiger partial charge in [0.2, 0.25) is 5.91 Å². The van der Waals surface area contributed by atoms with Crippen molar-refractivity contribution in [3.63, 3.8) is 0 Å². The number of rotatable bonds is 7. The largest absolute Gasteiger partial charge is 0.354 e. The highest BCUT2D eigenvalue weighted by Crippen LogP contribution is 2.37. The molecule has 1 aromatic heterocycles. The summed E-state index contributed by atoms with van der Waals surface area (Å²) in [5, 5.41) is 3.94. The molecule has 4 rings (SSSR count). The number of hydrogen-bond acceptors (Lipinski definition) is 4. The maximum Gasteiger partial charge on any atom is 0.274 e. The van der Waals surface area contributed by atoms with Crippen molar-refractivity contribution in [2.24, 2.45) is 5.92 Å². The Morgan fingerprint density at radius 2 is 1.79 bits per heavy atom. The molecule has 1 N–H and O–H groups in total. The summed E-state index contributed by atoms with van der Waals surface area (Å²) >= 11 is 1.56. The first-order chi connectivity index (χ1) is 15.9. The zero-order valence-electron chi connectivity index (χ0n) is 19.5. The van der Waals surface area contributed by atoms with Crippen LogP contribution in [-0.2, 0) is 17.8 Å². The number of hydrogen-bond donors (Lipinski definition) is 1. The van der Waals surface area contributed by atoms with E-state index in [4.69, 9.17) is 4.98 Å². The molecule has 2 amide bonds. The van der Waals surface area contributed by atoms with Gasteiger partial charge in [0.05, 0.1) is 0 Å². The molecule has 6 heteroatoms. The van der Waals surface area contributed by atoms with Gasteiger partial charge >= 0.3 is 0 Å². The predicted molar refractivity (Wildman–Crippen MR) is 133 cm³/mol. The number of aromatic nitrogens is 1. The number of benzene rings is 2. The topological polar surface area (TPSA) is 62.3 Å². The first-order valence-corrected chi connectivity index (χ1v) is 12.4. The molecule has 0 spiro atoms. The van der Waals surface area contributed by atoms with E-state index in [1.165, 1.54) is 0 Å². The number of nitrogens with zero attached hydrogens (tertiary/aromatic N) is 2. The van der Waals surface area contributed by atoms with Crippen LogP contribution < -0.4 is 5.32 Å². The average Bonchev–Trinajstić information content (AvgIpc) is 3.22. The molecule has 3 aromatic rings. The molecule has 2 aromatic carbocycles. The number of nitrogens with one attached hydrogen (secondary N) is 1. The van der Waals surface area contributed by atoms with E-state index in [0.29, 0.717) is 37.5 Å². The number of carbonyl (C=O) groups excluding carboxylic acids is 2. The van der Waals surface area contributed by atoms with Crippen LogP contribution in [0.4, 0.5) is 0 Å². The second-order valence-electron chi connectivity index (χ2n) is 9.25. The number of carbonyl (C=O) groups is 2. The van der Waals surface area contributed by atoms with Gasteiger partial charge in [-0.2, -0.15) is 0 Å². The van der Waals surface area contributed by atoms with Gasteiger partial charge in [-0.1, -0.05) is 74.5 Å². The van der Waals surface area contributed by atoms with Crippen LogP contribution in [0.5, 0.6) is 0 Å². The minimum absolute atomic E-state index is 0.0918. The molecule has 33 heavy (non-hydrogen) atoms. The van der Waals surface area contributed by atoms with E-state index in [9.17, 15) is 9.59 Å². The normalized spacial score (nSPS) is 18.2. The van der Waals surface area contributed by atoms with Gasteiger partial charge < -0.3 is 10.2 Å². The van der Waals surface area contributed by atoms with Crippen LogP contribution >= 0.6 is 11.3 Å². The van der Waals surface area contributed by atoms with Crippen molar-refractivity contribution in [3.05, 3.63) is 76.8 Å². The highest BCUT2D eigenvalue weighted by molar-refractivity contribution is 7.15. The highest BCUT2D eigenvalue weighted by atomic mass is 32.1. The Balaban J connectivity index is 1.68. The van der Waals surface area contributed by atoms with Gasteiger partial charge in [0.25, 0.3) is 5.91 Å². The molecule has 2 heterocycles. The lowest BCUT2D eigenvalue weighted by atomic mass is 9.92. The fraction of sp³-hybridized carbons (Fsp3) is 0.370. The third kappa shape index (κ3) is 5.01. The summed E-state index contributed by atoms with van der Waals surface area (Å²) in [6.45, 7) is 7.15. The SMILES string of the molecule is CC(C)CCNC(=O)C1(C)CCc2sc(-c3ccccc3)nc2C(=O)N1Cc1ccccc1. The summed E-state index contributed by atoms with van der Waals surface area (Å²) in [6, 6.07) is 19.8. The van der Waals surface area contributed by atoms with Crippen molar-refractivity contribution in [3.8, 4) is 10.6 Å². The molecule has 0 bridgehead atoms. The van der Waals surface area contributed by atoms with Gasteiger partial charge in [-0.05, 0) is 37.7 Å². The third-order valence-electron chi connectivity index (χ3n) is 6.28. The maximum absolute atomic E-state index is 13.9. The minimum atomic E-state index is -0.947. The standard InChI is InChI=1S/C27H31N3O2S/c1-19(2)15-17-28-26(32)27(3)16-14-22-23(29-24(33-22)21-12-8-5-9-13-21)25(31)30(27)18-20-10-6-4-7-11-20/h4-13,19H,14-18H2,1-3H3,(H,28,32). The molecule has 172 valence electrons. The molecule has 1 aliphatic rings. The van der Waals surface area contributed by atoms with Crippen molar-refractivity contribution in [2.75, 3.05) is 6.54 Å². The predicted octanol–water partition coefficient (Wildman–Crippen LogP) is 5.32. The van der Waals surface area contributed by atoms with Gasteiger partial charge in [-0.3, -0.25) is 9.59 Å². The number of thiazole rings is 1. The summed E-state index contributed by atoms with van der Waals surface area (Å²) in [5.41, 5.74) is 1.53. The van der Waals surface area contributed by atoms with Crippen LogP contribution in [0.25, 0.3) is 10.6 Å². The van der Waals surface area contributed by atoms with Crippen LogP contribution in [0.3, 0.4) is 0 Å². The quantitative estimate of drug-likeness (QED) is 0.518. The molecular weight excluding hydrogens is 430 g/mol. The molecule has 0 saturated heterocycles. The molecule has 0 saturated carbocycles. The monoisotopic (exact) mass is 461 g/mol. The van der Waals surface area contributed by atoms with Crippen LogP contribution in [0.1, 0.15) is 54.5 Å². The Hall–Kier alpha value is -2.99. The van der Waals surface area contributed by atoms with E-state index in [1.54, 1.807) is 16.2 Å². The molecule has 0 fully saturated rings. The van der Waals surface area contributed by atoms with Crippen molar-refractivity contribution in [2.45, 2.75) is 52.1 Å². The minimum Gasteiger partial charge on any atom is -0.354 e. The van der Waals surface area contributed by atoms with Crippen molar-refractivity contribution >= 4 is 23.2 Å². The molecule has 1 aliphatic heterocycles. The Kier molecular flexibility index (Phi) is 6.94. The fourth-order valence-corrected chi connectivity index (χ4v) is 5.21. The molecular formula is C27H31N3O2S. The van der Waals surface area contributed by atoms with Gasteiger partial charge in [0, 0.05) is 23.5 Å². The molecule has 1 unspecified atom stereocenters. The lowest BCUT2D eigenvalue weighted by Gasteiger charge is -2.39. The van der Waals surface area contributed by atoms with E-state index in [1.807, 2.05) is 67.6 Å². The zero-order valence-corrected chi connectivity index (χ0v) is 20.3. The first-order valence-electron chi connectivity index (χ1n) is 11.6. The molecule has 0 aliphatic carbocycles. The first kappa shape index (κ1) is 23.2. The second-order valence-corrected chi connectivity index (χ2v) is 10.3. The van der Waals surface area contributed by atoms with E-state index < -0.39 is 5.54 Å². The summed E-state index contributed by atoms with van der Waals surface area (Å²) in [7, 11) is 0. The summed E-state index contributed by atoms with van der Waals surface area (Å²) < 4.78 is 0. The van der Waals surface area contributed by atoms with Crippen LogP contribution in [0.15, 0.2) is 60.7 Å². The Bertz CT molecular complexity index is 1110. The average molecular weight is 462 g/mol. The Morgan fingerprint density at radius 1 is 1.12 bits per heavy atom. The summed E-state index contributed by atoms with van der Waals surface area (Å²) in [5.74, 6) is 0.235. The van der Waals surface area contributed by atoms with Gasteiger partial charge in [0.1, 0.15) is 16.2 Å². The van der Waals surface area contributed by atoms with E-state index in [2.05, 4.69) is 19.2 Å².